The molecular formula is C11H21NO3. The third-order valence-electron chi connectivity index (χ3n) is 2.40. The predicted molar refractivity (Wildman–Crippen MR) is 57.6 cm³/mol. The second-order valence-corrected chi connectivity index (χ2v) is 5.17. The van der Waals surface area contributed by atoms with Crippen molar-refractivity contribution in [3.63, 3.8) is 0 Å². The SMILES string of the molecule is CC(C)(C)NC(=O)OC1CCCCC1O. The molecule has 1 aliphatic rings. The molecule has 1 aliphatic carbocycles. The minimum absolute atomic E-state index is 0.295. The molecule has 88 valence electrons. The third kappa shape index (κ3) is 4.51. The van der Waals surface area contributed by atoms with E-state index < -0.39 is 12.2 Å². The number of carbonyl (C=O) groups excluding carboxylic acids is 1. The Labute approximate surface area is 91.0 Å². The van der Waals surface area contributed by atoms with Gasteiger partial charge in [0.1, 0.15) is 6.10 Å². The second-order valence-electron chi connectivity index (χ2n) is 5.17. The minimum Gasteiger partial charge on any atom is -0.443 e. The molecule has 0 saturated heterocycles. The molecule has 4 heteroatoms. The fourth-order valence-corrected chi connectivity index (χ4v) is 1.69. The first-order chi connectivity index (χ1) is 6.88. The van der Waals surface area contributed by atoms with E-state index in [1.54, 1.807) is 0 Å². The molecule has 0 bridgehead atoms. The van der Waals surface area contributed by atoms with E-state index in [1.165, 1.54) is 0 Å². The van der Waals surface area contributed by atoms with Gasteiger partial charge in [0.15, 0.2) is 0 Å². The summed E-state index contributed by atoms with van der Waals surface area (Å²) in [4.78, 5) is 11.4. The molecule has 1 fully saturated rings. The molecule has 1 saturated carbocycles. The molecule has 1 amide bonds. The van der Waals surface area contributed by atoms with E-state index in [4.69, 9.17) is 4.74 Å². The summed E-state index contributed by atoms with van der Waals surface area (Å²) in [5.74, 6) is 0. The van der Waals surface area contributed by atoms with E-state index in [0.717, 1.165) is 25.7 Å². The monoisotopic (exact) mass is 215 g/mol. The van der Waals surface area contributed by atoms with Crippen molar-refractivity contribution in [1.82, 2.24) is 5.32 Å². The molecule has 2 atom stereocenters. The number of amides is 1. The highest BCUT2D eigenvalue weighted by molar-refractivity contribution is 5.68. The van der Waals surface area contributed by atoms with Crippen molar-refractivity contribution in [2.45, 2.75) is 64.2 Å². The summed E-state index contributed by atoms with van der Waals surface area (Å²) < 4.78 is 5.18. The molecule has 4 nitrogen and oxygen atoms in total. The van der Waals surface area contributed by atoms with Gasteiger partial charge in [0, 0.05) is 5.54 Å². The van der Waals surface area contributed by atoms with Gasteiger partial charge < -0.3 is 15.2 Å². The van der Waals surface area contributed by atoms with E-state index in [1.807, 2.05) is 20.8 Å². The first-order valence-corrected chi connectivity index (χ1v) is 5.55. The maximum atomic E-state index is 11.4. The summed E-state index contributed by atoms with van der Waals surface area (Å²) >= 11 is 0. The van der Waals surface area contributed by atoms with Crippen LogP contribution in [-0.4, -0.2) is 28.9 Å². The number of aliphatic hydroxyl groups is 1. The molecular weight excluding hydrogens is 194 g/mol. The lowest BCUT2D eigenvalue weighted by Gasteiger charge is -2.29. The van der Waals surface area contributed by atoms with Crippen molar-refractivity contribution < 1.29 is 14.6 Å². The maximum absolute atomic E-state index is 11.4. The summed E-state index contributed by atoms with van der Waals surface area (Å²) in [6.45, 7) is 5.68. The van der Waals surface area contributed by atoms with Gasteiger partial charge in [-0.25, -0.2) is 4.79 Å². The van der Waals surface area contributed by atoms with Gasteiger partial charge in [-0.3, -0.25) is 0 Å². The molecule has 0 aromatic rings. The number of hydrogen-bond donors (Lipinski definition) is 2. The van der Waals surface area contributed by atoms with Crippen LogP contribution in [0.5, 0.6) is 0 Å². The van der Waals surface area contributed by atoms with Crippen molar-refractivity contribution >= 4 is 6.09 Å². The lowest BCUT2D eigenvalue weighted by Crippen LogP contribution is -2.44. The van der Waals surface area contributed by atoms with Gasteiger partial charge in [-0.15, -0.1) is 0 Å². The van der Waals surface area contributed by atoms with Gasteiger partial charge in [0.2, 0.25) is 0 Å². The Bertz CT molecular complexity index is 222. The fourth-order valence-electron chi connectivity index (χ4n) is 1.69. The Kier molecular flexibility index (Phi) is 3.97. The average molecular weight is 215 g/mol. The second kappa shape index (κ2) is 4.84. The highest BCUT2D eigenvalue weighted by atomic mass is 16.6. The van der Waals surface area contributed by atoms with Crippen molar-refractivity contribution in [1.29, 1.82) is 0 Å². The topological polar surface area (TPSA) is 58.6 Å². The molecule has 0 heterocycles. The lowest BCUT2D eigenvalue weighted by molar-refractivity contribution is -0.0228. The molecule has 0 radical (unpaired) electrons. The van der Waals surface area contributed by atoms with Crippen LogP contribution in [-0.2, 0) is 4.74 Å². The summed E-state index contributed by atoms with van der Waals surface area (Å²) in [5.41, 5.74) is -0.295. The van der Waals surface area contributed by atoms with E-state index in [9.17, 15) is 9.90 Å². The van der Waals surface area contributed by atoms with Crippen molar-refractivity contribution in [3.05, 3.63) is 0 Å². The first kappa shape index (κ1) is 12.3. The average Bonchev–Trinajstić information content (AvgIpc) is 2.05. The number of nitrogens with one attached hydrogen (secondary N) is 1. The molecule has 0 aromatic carbocycles. The van der Waals surface area contributed by atoms with Gasteiger partial charge in [-0.1, -0.05) is 6.42 Å². The van der Waals surface area contributed by atoms with Gasteiger partial charge in [0.05, 0.1) is 6.10 Å². The molecule has 1 rings (SSSR count). The summed E-state index contributed by atoms with van der Waals surface area (Å²) in [7, 11) is 0. The lowest BCUT2D eigenvalue weighted by atomic mass is 9.95. The van der Waals surface area contributed by atoms with E-state index >= 15 is 0 Å². The summed E-state index contributed by atoms with van der Waals surface area (Å²) in [5, 5.41) is 12.3. The van der Waals surface area contributed by atoms with Crippen LogP contribution in [0.15, 0.2) is 0 Å². The van der Waals surface area contributed by atoms with Crippen LogP contribution in [0.2, 0.25) is 0 Å². The van der Waals surface area contributed by atoms with Crippen LogP contribution in [0, 0.1) is 0 Å². The number of hydrogen-bond acceptors (Lipinski definition) is 3. The van der Waals surface area contributed by atoms with Crippen LogP contribution in [0.3, 0.4) is 0 Å². The highest BCUT2D eigenvalue weighted by Gasteiger charge is 2.27. The number of alkyl carbamates (subject to hydrolysis) is 1. The maximum Gasteiger partial charge on any atom is 0.407 e. The fraction of sp³-hybridized carbons (Fsp3) is 0.909. The molecule has 15 heavy (non-hydrogen) atoms. The van der Waals surface area contributed by atoms with Crippen molar-refractivity contribution in [3.8, 4) is 0 Å². The number of aliphatic hydroxyl groups excluding tert-OH is 1. The van der Waals surface area contributed by atoms with Crippen LogP contribution in [0.25, 0.3) is 0 Å². The predicted octanol–water partition coefficient (Wildman–Crippen LogP) is 1.81. The van der Waals surface area contributed by atoms with Crippen LogP contribution in [0.1, 0.15) is 46.5 Å². The third-order valence-corrected chi connectivity index (χ3v) is 2.40. The molecule has 0 aromatic heterocycles. The smallest absolute Gasteiger partial charge is 0.407 e. The Morgan fingerprint density at radius 3 is 2.47 bits per heavy atom. The molecule has 2 N–H and O–H groups in total. The zero-order valence-electron chi connectivity index (χ0n) is 9.75. The highest BCUT2D eigenvalue weighted by Crippen LogP contribution is 2.21. The largest absolute Gasteiger partial charge is 0.443 e. The van der Waals surface area contributed by atoms with Gasteiger partial charge in [-0.2, -0.15) is 0 Å². The Hall–Kier alpha value is -0.770. The van der Waals surface area contributed by atoms with Crippen molar-refractivity contribution in [2.75, 3.05) is 0 Å². The number of ether oxygens (including phenoxy) is 1. The van der Waals surface area contributed by atoms with Crippen molar-refractivity contribution in [2.24, 2.45) is 0 Å². The Morgan fingerprint density at radius 2 is 1.93 bits per heavy atom. The normalized spacial score (nSPS) is 27.2. The molecule has 2 unspecified atom stereocenters. The zero-order valence-corrected chi connectivity index (χ0v) is 9.75. The summed E-state index contributed by atoms with van der Waals surface area (Å²) in [6.07, 6.45) is 2.26. The quantitative estimate of drug-likeness (QED) is 0.701. The first-order valence-electron chi connectivity index (χ1n) is 5.55. The van der Waals surface area contributed by atoms with E-state index in [-0.39, 0.29) is 11.6 Å². The van der Waals surface area contributed by atoms with Gasteiger partial charge in [-0.05, 0) is 40.0 Å². The van der Waals surface area contributed by atoms with E-state index in [2.05, 4.69) is 5.32 Å². The number of carbonyl (C=O) groups is 1. The minimum atomic E-state index is -0.496. The Balaban J connectivity index is 2.36. The summed E-state index contributed by atoms with van der Waals surface area (Å²) in [6, 6.07) is 0. The standard InChI is InChI=1S/C11H21NO3/c1-11(2,3)12-10(14)15-9-7-5-4-6-8(9)13/h8-9,13H,4-7H2,1-3H3,(H,12,14). The van der Waals surface area contributed by atoms with E-state index in [0.29, 0.717) is 0 Å². The Morgan fingerprint density at radius 1 is 1.33 bits per heavy atom. The molecule has 0 spiro atoms. The van der Waals surface area contributed by atoms with Gasteiger partial charge >= 0.3 is 6.09 Å². The molecule has 0 aliphatic heterocycles. The van der Waals surface area contributed by atoms with Crippen LogP contribution >= 0.6 is 0 Å². The van der Waals surface area contributed by atoms with Crippen LogP contribution < -0.4 is 5.32 Å². The number of rotatable bonds is 1. The zero-order chi connectivity index (χ0) is 11.5. The van der Waals surface area contributed by atoms with Gasteiger partial charge in [0.25, 0.3) is 0 Å². The van der Waals surface area contributed by atoms with Crippen LogP contribution in [0.4, 0.5) is 4.79 Å².